The Balaban J connectivity index is 2.33. The van der Waals surface area contributed by atoms with Gasteiger partial charge in [0.2, 0.25) is 5.91 Å². The smallest absolute Gasteiger partial charge is 0.222 e. The molecule has 0 aromatic carbocycles. The summed E-state index contributed by atoms with van der Waals surface area (Å²) in [4.78, 5) is 15.1. The van der Waals surface area contributed by atoms with Gasteiger partial charge in [0.1, 0.15) is 0 Å². The highest BCUT2D eigenvalue weighted by atomic mass is 28.4. The van der Waals surface area contributed by atoms with Gasteiger partial charge in [0.15, 0.2) is 0 Å². The van der Waals surface area contributed by atoms with Crippen molar-refractivity contribution in [1.29, 1.82) is 0 Å². The molecule has 0 spiro atoms. The van der Waals surface area contributed by atoms with E-state index in [0.29, 0.717) is 23.2 Å². The first-order valence-corrected chi connectivity index (χ1v) is 15.1. The number of rotatable bonds is 3. The van der Waals surface area contributed by atoms with E-state index in [0.717, 1.165) is 6.42 Å². The maximum absolute atomic E-state index is 12.6. The molecule has 1 aliphatic heterocycles. The molecule has 0 bridgehead atoms. The number of nitrogens with zero attached hydrogens (tertiary/aromatic N) is 1. The van der Waals surface area contributed by atoms with Gasteiger partial charge in [-0.2, -0.15) is 0 Å². The zero-order valence-corrected chi connectivity index (χ0v) is 15.6. The molecule has 1 aliphatic carbocycles. The zero-order valence-electron chi connectivity index (χ0n) is 13.6. The highest BCUT2D eigenvalue weighted by Crippen LogP contribution is 2.41. The highest BCUT2D eigenvalue weighted by Gasteiger charge is 2.51. The standard InChI is InChI=1S/C15H31NOSi2/c1-18(2,3)15(19(4,5)6)16-13-10-8-7-9-12(13)11-14(16)17/h12-13,15H,7-11H2,1-6H3/t12-,13+/m1/s1. The van der Waals surface area contributed by atoms with Gasteiger partial charge in [-0.15, -0.1) is 0 Å². The summed E-state index contributed by atoms with van der Waals surface area (Å²) in [5, 5.41) is 0.612. The van der Waals surface area contributed by atoms with Crippen molar-refractivity contribution >= 4 is 22.1 Å². The first-order valence-electron chi connectivity index (χ1n) is 7.93. The average Bonchev–Trinajstić information content (AvgIpc) is 2.52. The monoisotopic (exact) mass is 297 g/mol. The van der Waals surface area contributed by atoms with Crippen molar-refractivity contribution in [3.63, 3.8) is 0 Å². The van der Waals surface area contributed by atoms with Crippen molar-refractivity contribution in [2.45, 2.75) is 82.7 Å². The van der Waals surface area contributed by atoms with Crippen molar-refractivity contribution in [3.05, 3.63) is 0 Å². The van der Waals surface area contributed by atoms with Crippen LogP contribution in [0.25, 0.3) is 0 Å². The molecule has 2 rings (SSSR count). The van der Waals surface area contributed by atoms with Crippen molar-refractivity contribution in [2.75, 3.05) is 0 Å². The Morgan fingerprint density at radius 3 is 2.05 bits per heavy atom. The second-order valence-electron chi connectivity index (χ2n) is 8.75. The second kappa shape index (κ2) is 5.03. The summed E-state index contributed by atoms with van der Waals surface area (Å²) >= 11 is 0. The molecule has 4 heteroatoms. The molecule has 1 amide bonds. The van der Waals surface area contributed by atoms with Gasteiger partial charge in [-0.25, -0.2) is 0 Å². The van der Waals surface area contributed by atoms with Gasteiger partial charge in [-0.05, 0) is 18.8 Å². The predicted octanol–water partition coefficient (Wildman–Crippen LogP) is 3.90. The van der Waals surface area contributed by atoms with Gasteiger partial charge in [0, 0.05) is 17.8 Å². The summed E-state index contributed by atoms with van der Waals surface area (Å²) < 4.78 is 0. The van der Waals surface area contributed by atoms with Crippen LogP contribution >= 0.6 is 0 Å². The van der Waals surface area contributed by atoms with Crippen LogP contribution in [0.5, 0.6) is 0 Å². The van der Waals surface area contributed by atoms with E-state index in [1.54, 1.807) is 0 Å². The van der Waals surface area contributed by atoms with Crippen LogP contribution in [0.3, 0.4) is 0 Å². The minimum Gasteiger partial charge on any atom is -0.342 e. The summed E-state index contributed by atoms with van der Waals surface area (Å²) in [6.45, 7) is 14.7. The Kier molecular flexibility index (Phi) is 4.05. The van der Waals surface area contributed by atoms with E-state index in [2.05, 4.69) is 44.2 Å². The molecule has 0 aromatic heterocycles. The van der Waals surface area contributed by atoms with Gasteiger partial charge in [-0.3, -0.25) is 4.79 Å². The SMILES string of the molecule is C[Si](C)(C)C(N1C(=O)C[C@H]2CCCC[C@@H]21)[Si](C)(C)C. The molecule has 110 valence electrons. The molecule has 2 fully saturated rings. The quantitative estimate of drug-likeness (QED) is 0.724. The maximum atomic E-state index is 12.6. The molecule has 1 heterocycles. The fraction of sp³-hybridized carbons (Fsp3) is 0.933. The number of carbonyl (C=O) groups excluding carboxylic acids is 1. The van der Waals surface area contributed by atoms with Gasteiger partial charge in [-0.1, -0.05) is 52.1 Å². The minimum atomic E-state index is -1.34. The summed E-state index contributed by atoms with van der Waals surface area (Å²) in [6, 6.07) is 0.588. The van der Waals surface area contributed by atoms with Crippen LogP contribution in [0.4, 0.5) is 0 Å². The molecular formula is C15H31NOSi2. The van der Waals surface area contributed by atoms with E-state index in [4.69, 9.17) is 0 Å². The van der Waals surface area contributed by atoms with Crippen LogP contribution in [0.2, 0.25) is 39.3 Å². The van der Waals surface area contributed by atoms with Crippen LogP contribution in [0.15, 0.2) is 0 Å². The van der Waals surface area contributed by atoms with E-state index in [1.807, 2.05) is 0 Å². The topological polar surface area (TPSA) is 20.3 Å². The Hall–Kier alpha value is -0.0962. The number of carbonyl (C=O) groups is 1. The number of fused-ring (bicyclic) bond motifs is 1. The van der Waals surface area contributed by atoms with E-state index in [1.165, 1.54) is 25.7 Å². The van der Waals surface area contributed by atoms with E-state index in [-0.39, 0.29) is 0 Å². The lowest BCUT2D eigenvalue weighted by Crippen LogP contribution is -2.65. The summed E-state index contributed by atoms with van der Waals surface area (Å²) in [6.07, 6.45) is 6.07. The second-order valence-corrected chi connectivity index (χ2v) is 19.9. The van der Waals surface area contributed by atoms with Gasteiger partial charge >= 0.3 is 0 Å². The third-order valence-corrected chi connectivity index (χ3v) is 13.9. The number of hydrogen-bond acceptors (Lipinski definition) is 1. The fourth-order valence-corrected chi connectivity index (χ4v) is 17.5. The lowest BCUT2D eigenvalue weighted by Gasteiger charge is -2.48. The van der Waals surface area contributed by atoms with Crippen molar-refractivity contribution in [2.24, 2.45) is 5.92 Å². The summed E-state index contributed by atoms with van der Waals surface area (Å²) in [5.74, 6) is 1.16. The predicted molar refractivity (Wildman–Crippen MR) is 87.7 cm³/mol. The van der Waals surface area contributed by atoms with Crippen LogP contribution < -0.4 is 0 Å². The molecular weight excluding hydrogens is 266 g/mol. The Labute approximate surface area is 121 Å². The third-order valence-electron chi connectivity index (χ3n) is 4.87. The van der Waals surface area contributed by atoms with Crippen molar-refractivity contribution < 1.29 is 4.79 Å². The minimum absolute atomic E-state index is 0.478. The Morgan fingerprint density at radius 1 is 1.00 bits per heavy atom. The van der Waals surface area contributed by atoms with Crippen LogP contribution in [-0.4, -0.2) is 38.3 Å². The largest absolute Gasteiger partial charge is 0.342 e. The summed E-state index contributed by atoms with van der Waals surface area (Å²) in [5.41, 5.74) is 0. The van der Waals surface area contributed by atoms with Crippen LogP contribution in [0, 0.1) is 5.92 Å². The molecule has 1 saturated heterocycles. The van der Waals surface area contributed by atoms with Crippen molar-refractivity contribution in [1.82, 2.24) is 4.90 Å². The molecule has 0 unspecified atom stereocenters. The normalized spacial score (nSPS) is 29.0. The molecule has 1 saturated carbocycles. The molecule has 19 heavy (non-hydrogen) atoms. The lowest BCUT2D eigenvalue weighted by molar-refractivity contribution is -0.129. The molecule has 0 aromatic rings. The first kappa shape index (κ1) is 15.3. The van der Waals surface area contributed by atoms with Gasteiger partial charge in [0.25, 0.3) is 0 Å². The number of hydrogen-bond donors (Lipinski definition) is 0. The third kappa shape index (κ3) is 2.99. The molecule has 2 atom stereocenters. The first-order chi connectivity index (χ1) is 8.62. The molecule has 0 N–H and O–H groups in total. The number of amides is 1. The van der Waals surface area contributed by atoms with Crippen LogP contribution in [0.1, 0.15) is 32.1 Å². The molecule has 2 nitrogen and oxygen atoms in total. The molecule has 2 aliphatic rings. The summed E-state index contributed by atoms with van der Waals surface area (Å²) in [7, 11) is -2.68. The average molecular weight is 298 g/mol. The van der Waals surface area contributed by atoms with Crippen LogP contribution in [-0.2, 0) is 4.79 Å². The van der Waals surface area contributed by atoms with E-state index < -0.39 is 16.1 Å². The highest BCUT2D eigenvalue weighted by molar-refractivity contribution is 6.96. The Morgan fingerprint density at radius 2 is 1.53 bits per heavy atom. The fourth-order valence-electron chi connectivity index (χ4n) is 4.78. The number of likely N-dealkylation sites (tertiary alicyclic amines) is 1. The van der Waals surface area contributed by atoms with Crippen molar-refractivity contribution in [3.8, 4) is 0 Å². The zero-order chi connectivity index (χ0) is 14.4. The Bertz CT molecular complexity index is 342. The maximum Gasteiger partial charge on any atom is 0.222 e. The van der Waals surface area contributed by atoms with Gasteiger partial charge < -0.3 is 4.90 Å². The van der Waals surface area contributed by atoms with Gasteiger partial charge in [0.05, 0.1) is 16.1 Å². The van der Waals surface area contributed by atoms with E-state index >= 15 is 0 Å². The van der Waals surface area contributed by atoms with E-state index in [9.17, 15) is 4.79 Å². The lowest BCUT2D eigenvalue weighted by atomic mass is 9.85. The molecule has 0 radical (unpaired) electrons.